The highest BCUT2D eigenvalue weighted by atomic mass is 16.1. The second kappa shape index (κ2) is 7.66. The minimum absolute atomic E-state index is 0.226. The monoisotopic (exact) mass is 454 g/mol. The molecule has 4 saturated carbocycles. The second-order valence-corrected chi connectivity index (χ2v) is 14.4. The highest BCUT2D eigenvalue weighted by Crippen LogP contribution is 2.76. The molecule has 0 unspecified atom stereocenters. The van der Waals surface area contributed by atoms with E-state index in [4.69, 9.17) is 5.73 Å². The Bertz CT molecular complexity index is 820. The lowest BCUT2D eigenvalue weighted by Gasteiger charge is -2.71. The van der Waals surface area contributed by atoms with Crippen molar-refractivity contribution in [2.24, 2.45) is 57.0 Å². The molecule has 4 aliphatic carbocycles. The van der Waals surface area contributed by atoms with Gasteiger partial charge in [0.05, 0.1) is 0 Å². The van der Waals surface area contributed by atoms with Crippen LogP contribution < -0.4 is 11.1 Å². The minimum atomic E-state index is 0.226. The van der Waals surface area contributed by atoms with Gasteiger partial charge in [-0.05, 0) is 148 Å². The first-order chi connectivity index (χ1) is 15.5. The number of nitrogens with two attached hydrogens (primary N) is 1. The minimum Gasteiger partial charge on any atom is -0.330 e. The van der Waals surface area contributed by atoms with Gasteiger partial charge in [0.25, 0.3) is 0 Å². The van der Waals surface area contributed by atoms with Crippen molar-refractivity contribution in [2.45, 2.75) is 104 Å². The Hall–Kier alpha value is -0.670. The normalized spacial score (nSPS) is 53.1. The Morgan fingerprint density at radius 3 is 2.39 bits per heavy atom. The first-order valence-corrected chi connectivity index (χ1v) is 14.1. The average Bonchev–Trinajstić information content (AvgIpc) is 3.11. The van der Waals surface area contributed by atoms with Crippen LogP contribution in [0.1, 0.15) is 98.8 Å². The average molecular weight is 455 g/mol. The predicted molar refractivity (Wildman–Crippen MR) is 137 cm³/mol. The summed E-state index contributed by atoms with van der Waals surface area (Å²) < 4.78 is 0. The summed E-state index contributed by atoms with van der Waals surface area (Å²) in [5, 5.41) is 3.93. The highest BCUT2D eigenvalue weighted by Gasteiger charge is 2.69. The fourth-order valence-electron chi connectivity index (χ4n) is 11.5. The molecule has 3 nitrogen and oxygen atoms in total. The smallest absolute Gasteiger partial charge is 0.145 e. The van der Waals surface area contributed by atoms with Crippen LogP contribution in [-0.2, 0) is 4.79 Å². The zero-order valence-electron chi connectivity index (χ0n) is 22.1. The van der Waals surface area contributed by atoms with Gasteiger partial charge in [-0.25, -0.2) is 0 Å². The summed E-state index contributed by atoms with van der Waals surface area (Å²) in [6.45, 7) is 19.2. The zero-order chi connectivity index (χ0) is 23.9. The summed E-state index contributed by atoms with van der Waals surface area (Å²) in [5.74, 6) is 3.13. The molecule has 3 N–H and O–H groups in total. The van der Waals surface area contributed by atoms with Gasteiger partial charge in [0, 0.05) is 5.54 Å². The van der Waals surface area contributed by atoms with Crippen molar-refractivity contribution >= 4 is 6.29 Å². The quantitative estimate of drug-likeness (QED) is 0.399. The molecule has 0 bridgehead atoms. The summed E-state index contributed by atoms with van der Waals surface area (Å²) in [5.41, 5.74) is 8.98. The summed E-state index contributed by atoms with van der Waals surface area (Å²) >= 11 is 0. The van der Waals surface area contributed by atoms with Crippen molar-refractivity contribution in [3.8, 4) is 0 Å². The van der Waals surface area contributed by atoms with E-state index in [0.717, 1.165) is 36.7 Å². The summed E-state index contributed by atoms with van der Waals surface area (Å²) in [4.78, 5) is 11.8. The standard InChI is InChI=1S/C30H50N2O/c1-20(18-33)21-10-14-30(19-31)16-15-28(5)22(25(21)30)8-9-24-27(4)12-7-17-32-26(2,3)23(27)11-13-29(24,28)6/h18,21-25,32H,1,7-17,19,31H2,2-6H3/t21-,22+,23-,24+,25+,27-,28+,29+,30+/m0/s1. The SMILES string of the molecule is C=C(C=O)[C@@H]1CC[C@]2(CN)CC[C@]3(C)[C@H](CC[C@@H]4[C@@]5(C)CCCNC(C)(C)[C@@H]5CC[C@]43C)[C@@H]12. The molecule has 5 aliphatic rings. The molecule has 0 aromatic heterocycles. The van der Waals surface area contributed by atoms with E-state index in [1.165, 1.54) is 64.3 Å². The molecule has 5 rings (SSSR count). The van der Waals surface area contributed by atoms with Crippen LogP contribution in [-0.4, -0.2) is 24.9 Å². The topological polar surface area (TPSA) is 55.1 Å². The molecule has 1 heterocycles. The van der Waals surface area contributed by atoms with Gasteiger partial charge in [-0.15, -0.1) is 0 Å². The van der Waals surface area contributed by atoms with Gasteiger partial charge in [-0.2, -0.15) is 0 Å². The van der Waals surface area contributed by atoms with Crippen LogP contribution in [0.15, 0.2) is 12.2 Å². The third-order valence-corrected chi connectivity index (χ3v) is 13.3. The van der Waals surface area contributed by atoms with Gasteiger partial charge < -0.3 is 11.1 Å². The molecule has 0 radical (unpaired) electrons. The predicted octanol–water partition coefficient (Wildman–Crippen LogP) is 6.12. The van der Waals surface area contributed by atoms with Crippen molar-refractivity contribution in [3.63, 3.8) is 0 Å². The molecule has 0 aromatic rings. The lowest BCUT2D eigenvalue weighted by molar-refractivity contribution is -0.222. The molecule has 0 amide bonds. The zero-order valence-corrected chi connectivity index (χ0v) is 22.1. The third-order valence-electron chi connectivity index (χ3n) is 13.3. The number of aldehydes is 1. The van der Waals surface area contributed by atoms with E-state index < -0.39 is 0 Å². The van der Waals surface area contributed by atoms with Crippen molar-refractivity contribution in [1.82, 2.24) is 5.32 Å². The largest absolute Gasteiger partial charge is 0.330 e. The number of carbonyl (C=O) groups excluding carboxylic acids is 1. The van der Waals surface area contributed by atoms with Crippen LogP contribution in [0, 0.1) is 51.2 Å². The highest BCUT2D eigenvalue weighted by molar-refractivity contribution is 5.73. The van der Waals surface area contributed by atoms with Crippen LogP contribution in [0.3, 0.4) is 0 Å². The first-order valence-electron chi connectivity index (χ1n) is 14.1. The molecule has 33 heavy (non-hydrogen) atoms. The van der Waals surface area contributed by atoms with Crippen molar-refractivity contribution in [1.29, 1.82) is 0 Å². The van der Waals surface area contributed by atoms with Gasteiger partial charge >= 0.3 is 0 Å². The number of allylic oxidation sites excluding steroid dienone is 1. The Labute approximate surface area is 203 Å². The Balaban J connectivity index is 1.56. The van der Waals surface area contributed by atoms with Crippen LogP contribution in [0.25, 0.3) is 0 Å². The molecule has 9 atom stereocenters. The van der Waals surface area contributed by atoms with E-state index in [2.05, 4.69) is 46.5 Å². The van der Waals surface area contributed by atoms with Gasteiger partial charge in [-0.1, -0.05) is 27.4 Å². The van der Waals surface area contributed by atoms with Gasteiger partial charge in [0.1, 0.15) is 6.29 Å². The molecule has 3 heteroatoms. The van der Waals surface area contributed by atoms with E-state index in [0.29, 0.717) is 34.0 Å². The molecule has 1 saturated heterocycles. The molecule has 0 spiro atoms. The maximum Gasteiger partial charge on any atom is 0.145 e. The summed E-state index contributed by atoms with van der Waals surface area (Å²) in [6, 6.07) is 0. The van der Waals surface area contributed by atoms with E-state index in [1.54, 1.807) is 0 Å². The molecule has 1 aliphatic heterocycles. The maximum atomic E-state index is 11.8. The van der Waals surface area contributed by atoms with Gasteiger partial charge in [0.15, 0.2) is 0 Å². The Morgan fingerprint density at radius 2 is 1.70 bits per heavy atom. The van der Waals surface area contributed by atoms with Crippen LogP contribution in [0.5, 0.6) is 0 Å². The number of hydrogen-bond donors (Lipinski definition) is 2. The van der Waals surface area contributed by atoms with Crippen molar-refractivity contribution in [2.75, 3.05) is 13.1 Å². The van der Waals surface area contributed by atoms with E-state index in [-0.39, 0.29) is 11.0 Å². The molecular formula is C30H50N2O. The molecular weight excluding hydrogens is 404 g/mol. The number of carbonyl (C=O) groups is 1. The van der Waals surface area contributed by atoms with Crippen molar-refractivity contribution < 1.29 is 4.79 Å². The number of rotatable bonds is 3. The van der Waals surface area contributed by atoms with E-state index in [9.17, 15) is 4.79 Å². The van der Waals surface area contributed by atoms with Gasteiger partial charge in [-0.3, -0.25) is 4.79 Å². The van der Waals surface area contributed by atoms with E-state index >= 15 is 0 Å². The fraction of sp³-hybridized carbons (Fsp3) is 0.900. The van der Waals surface area contributed by atoms with Crippen LogP contribution >= 0.6 is 0 Å². The Kier molecular flexibility index (Phi) is 5.58. The number of fused-ring (bicyclic) bond motifs is 7. The molecule has 0 aromatic carbocycles. The fourth-order valence-corrected chi connectivity index (χ4v) is 11.5. The molecule has 5 fully saturated rings. The lowest BCUT2D eigenvalue weighted by atomic mass is 9.33. The van der Waals surface area contributed by atoms with E-state index in [1.807, 2.05) is 0 Å². The first kappa shape index (κ1) is 24.0. The van der Waals surface area contributed by atoms with Crippen molar-refractivity contribution in [3.05, 3.63) is 12.2 Å². The number of hydrogen-bond acceptors (Lipinski definition) is 3. The lowest BCUT2D eigenvalue weighted by Crippen LogP contribution is -2.66. The third kappa shape index (κ3) is 3.03. The summed E-state index contributed by atoms with van der Waals surface area (Å²) in [6.07, 6.45) is 14.0. The number of nitrogens with one attached hydrogen (secondary N) is 1. The Morgan fingerprint density at radius 1 is 0.939 bits per heavy atom. The maximum absolute atomic E-state index is 11.8. The van der Waals surface area contributed by atoms with Gasteiger partial charge in [0.2, 0.25) is 0 Å². The summed E-state index contributed by atoms with van der Waals surface area (Å²) in [7, 11) is 0. The van der Waals surface area contributed by atoms with Crippen LogP contribution in [0.2, 0.25) is 0 Å². The second-order valence-electron chi connectivity index (χ2n) is 14.4. The van der Waals surface area contributed by atoms with Crippen LogP contribution in [0.4, 0.5) is 0 Å². The molecule has 186 valence electrons.